The first-order chi connectivity index (χ1) is 4.63. The lowest BCUT2D eigenvalue weighted by Gasteiger charge is -2.03. The van der Waals surface area contributed by atoms with Crippen LogP contribution >= 0.6 is 0 Å². The first-order valence-electron chi connectivity index (χ1n) is 2.78. The highest BCUT2D eigenvalue weighted by Crippen LogP contribution is 2.11. The van der Waals surface area contributed by atoms with E-state index in [-0.39, 0.29) is 0 Å². The summed E-state index contributed by atoms with van der Waals surface area (Å²) in [5, 5.41) is 0. The van der Waals surface area contributed by atoms with Crippen molar-refractivity contribution < 1.29 is 4.39 Å². The Hall–Kier alpha value is -1.09. The molecular weight excluding hydrogens is 131 g/mol. The van der Waals surface area contributed by atoms with Crippen LogP contribution < -0.4 is 11.3 Å². The van der Waals surface area contributed by atoms with E-state index in [1.54, 1.807) is 6.92 Å². The van der Waals surface area contributed by atoms with Crippen LogP contribution in [0, 0.1) is 0 Å². The summed E-state index contributed by atoms with van der Waals surface area (Å²) in [5.74, 6) is 4.57. The van der Waals surface area contributed by atoms with Gasteiger partial charge in [-0.15, -0.1) is 0 Å². The highest BCUT2D eigenvalue weighted by atomic mass is 19.1. The number of halogens is 1. The zero-order valence-corrected chi connectivity index (χ0v) is 5.95. The van der Waals surface area contributed by atoms with Crippen molar-refractivity contribution in [2.75, 3.05) is 0 Å². The zero-order chi connectivity index (χ0) is 8.15. The summed E-state index contributed by atoms with van der Waals surface area (Å²) in [6, 6.07) is 0. The Morgan fingerprint density at radius 1 is 1.70 bits per heavy atom. The first kappa shape index (κ1) is 8.91. The smallest absolute Gasteiger partial charge is 0.127 e. The lowest BCUT2D eigenvalue weighted by Crippen LogP contribution is -2.21. The molecule has 0 aliphatic rings. The van der Waals surface area contributed by atoms with Crippen LogP contribution in [-0.2, 0) is 0 Å². The van der Waals surface area contributed by atoms with Gasteiger partial charge in [-0.1, -0.05) is 13.2 Å². The number of allylic oxidation sites excluding steroid dienone is 3. The van der Waals surface area contributed by atoms with Crippen LogP contribution in [0.5, 0.6) is 0 Å². The third-order valence-corrected chi connectivity index (χ3v) is 1.16. The molecule has 2 nitrogen and oxygen atoms in total. The van der Waals surface area contributed by atoms with Gasteiger partial charge in [0.2, 0.25) is 0 Å². The average Bonchev–Trinajstić information content (AvgIpc) is 2.00. The standard InChI is InChI=1S/C7H11FN2/c1-4-7(8)5(2)6(3)10-9/h4,10H,1,3,9H2,2H3/b7-5+. The molecule has 0 aromatic rings. The number of hydrazine groups is 1. The van der Waals surface area contributed by atoms with E-state index >= 15 is 0 Å². The number of hydrogen-bond donors (Lipinski definition) is 2. The zero-order valence-electron chi connectivity index (χ0n) is 5.95. The SMILES string of the molecule is C=C/C(F)=C(/C)C(=C)NN. The van der Waals surface area contributed by atoms with E-state index in [4.69, 9.17) is 5.84 Å². The molecule has 0 saturated carbocycles. The molecule has 0 fully saturated rings. The van der Waals surface area contributed by atoms with Crippen molar-refractivity contribution in [3.05, 3.63) is 36.3 Å². The quantitative estimate of drug-likeness (QED) is 0.355. The third kappa shape index (κ3) is 2.03. The largest absolute Gasteiger partial charge is 0.324 e. The third-order valence-electron chi connectivity index (χ3n) is 1.16. The molecule has 0 aliphatic carbocycles. The Morgan fingerprint density at radius 3 is 2.50 bits per heavy atom. The van der Waals surface area contributed by atoms with E-state index in [1.165, 1.54) is 0 Å². The van der Waals surface area contributed by atoms with E-state index in [1.807, 2.05) is 0 Å². The number of nitrogens with one attached hydrogen (secondary N) is 1. The Balaban J connectivity index is 4.45. The highest BCUT2D eigenvalue weighted by Gasteiger charge is 1.98. The summed E-state index contributed by atoms with van der Waals surface area (Å²) in [7, 11) is 0. The molecular formula is C7H11FN2. The number of hydrogen-bond acceptors (Lipinski definition) is 2. The fourth-order valence-electron chi connectivity index (χ4n) is 0.405. The maximum atomic E-state index is 12.6. The molecule has 0 unspecified atom stereocenters. The van der Waals surface area contributed by atoms with Crippen LogP contribution in [0.2, 0.25) is 0 Å². The van der Waals surface area contributed by atoms with E-state index in [2.05, 4.69) is 18.6 Å². The molecule has 0 aromatic carbocycles. The summed E-state index contributed by atoms with van der Waals surface area (Å²) in [5.41, 5.74) is 2.97. The lowest BCUT2D eigenvalue weighted by atomic mass is 10.2. The molecule has 0 atom stereocenters. The van der Waals surface area contributed by atoms with Crippen molar-refractivity contribution >= 4 is 0 Å². The molecule has 56 valence electrons. The maximum absolute atomic E-state index is 12.6. The van der Waals surface area contributed by atoms with Crippen molar-refractivity contribution in [1.29, 1.82) is 0 Å². The van der Waals surface area contributed by atoms with E-state index in [0.717, 1.165) is 6.08 Å². The van der Waals surface area contributed by atoms with E-state index in [9.17, 15) is 4.39 Å². The molecule has 0 spiro atoms. The molecule has 0 saturated heterocycles. The molecule has 0 bridgehead atoms. The van der Waals surface area contributed by atoms with E-state index < -0.39 is 5.83 Å². The molecule has 0 aliphatic heterocycles. The highest BCUT2D eigenvalue weighted by molar-refractivity contribution is 5.31. The summed E-state index contributed by atoms with van der Waals surface area (Å²) >= 11 is 0. The van der Waals surface area contributed by atoms with Gasteiger partial charge in [-0.2, -0.15) is 0 Å². The van der Waals surface area contributed by atoms with Crippen LogP contribution in [0.3, 0.4) is 0 Å². The Kier molecular flexibility index (Phi) is 3.43. The minimum atomic E-state index is -0.414. The van der Waals surface area contributed by atoms with Crippen molar-refractivity contribution in [3.63, 3.8) is 0 Å². The number of nitrogens with two attached hydrogens (primary N) is 1. The van der Waals surface area contributed by atoms with Gasteiger partial charge in [0.1, 0.15) is 5.83 Å². The predicted molar refractivity (Wildman–Crippen MR) is 40.5 cm³/mol. The fraction of sp³-hybridized carbons (Fsp3) is 0.143. The maximum Gasteiger partial charge on any atom is 0.127 e. The minimum absolute atomic E-state index is 0.359. The second kappa shape index (κ2) is 3.85. The summed E-state index contributed by atoms with van der Waals surface area (Å²) in [6.45, 7) is 8.28. The lowest BCUT2D eigenvalue weighted by molar-refractivity contribution is 0.652. The van der Waals surface area contributed by atoms with Gasteiger partial charge in [-0.05, 0) is 13.0 Å². The molecule has 3 N–H and O–H groups in total. The number of rotatable bonds is 3. The second-order valence-corrected chi connectivity index (χ2v) is 1.80. The van der Waals surface area contributed by atoms with Gasteiger partial charge in [-0.3, -0.25) is 5.84 Å². The molecule has 3 heteroatoms. The summed E-state index contributed by atoms with van der Waals surface area (Å²) in [6.07, 6.45) is 1.11. The van der Waals surface area contributed by atoms with Crippen molar-refractivity contribution in [2.24, 2.45) is 5.84 Å². The molecule has 0 amide bonds. The molecule has 0 radical (unpaired) electrons. The van der Waals surface area contributed by atoms with E-state index in [0.29, 0.717) is 11.3 Å². The fourth-order valence-corrected chi connectivity index (χ4v) is 0.405. The van der Waals surface area contributed by atoms with Crippen LogP contribution in [0.1, 0.15) is 6.92 Å². The van der Waals surface area contributed by atoms with Crippen molar-refractivity contribution in [3.8, 4) is 0 Å². The predicted octanol–water partition coefficient (Wildman–Crippen LogP) is 1.39. The van der Waals surface area contributed by atoms with Gasteiger partial charge < -0.3 is 5.43 Å². The van der Waals surface area contributed by atoms with Crippen LogP contribution in [0.4, 0.5) is 4.39 Å². The van der Waals surface area contributed by atoms with Gasteiger partial charge in [-0.25, -0.2) is 4.39 Å². The molecule has 0 heterocycles. The van der Waals surface area contributed by atoms with Gasteiger partial charge >= 0.3 is 0 Å². The van der Waals surface area contributed by atoms with Crippen LogP contribution in [-0.4, -0.2) is 0 Å². The normalized spacial score (nSPS) is 11.9. The van der Waals surface area contributed by atoms with Gasteiger partial charge in [0.05, 0.1) is 0 Å². The van der Waals surface area contributed by atoms with Crippen LogP contribution in [0.25, 0.3) is 0 Å². The second-order valence-electron chi connectivity index (χ2n) is 1.80. The molecule has 0 rings (SSSR count). The first-order valence-corrected chi connectivity index (χ1v) is 2.78. The van der Waals surface area contributed by atoms with Crippen molar-refractivity contribution in [1.82, 2.24) is 5.43 Å². The van der Waals surface area contributed by atoms with Gasteiger partial charge in [0.25, 0.3) is 0 Å². The van der Waals surface area contributed by atoms with Gasteiger partial charge in [0, 0.05) is 11.3 Å². The summed E-state index contributed by atoms with van der Waals surface area (Å²) < 4.78 is 12.6. The minimum Gasteiger partial charge on any atom is -0.324 e. The summed E-state index contributed by atoms with van der Waals surface area (Å²) in [4.78, 5) is 0. The van der Waals surface area contributed by atoms with Crippen LogP contribution in [0.15, 0.2) is 36.3 Å². The Bertz CT molecular complexity index is 182. The Labute approximate surface area is 59.9 Å². The average molecular weight is 142 g/mol. The monoisotopic (exact) mass is 142 g/mol. The topological polar surface area (TPSA) is 38.0 Å². The molecule has 10 heavy (non-hydrogen) atoms. The van der Waals surface area contributed by atoms with Crippen molar-refractivity contribution in [2.45, 2.75) is 6.92 Å². The Morgan fingerprint density at radius 2 is 2.20 bits per heavy atom. The molecule has 0 aromatic heterocycles. The van der Waals surface area contributed by atoms with Gasteiger partial charge in [0.15, 0.2) is 0 Å².